The number of thioether (sulfide) groups is 1. The van der Waals surface area contributed by atoms with Crippen LogP contribution in [0.25, 0.3) is 0 Å². The van der Waals surface area contributed by atoms with Gasteiger partial charge in [0.2, 0.25) is 0 Å². The predicted molar refractivity (Wildman–Crippen MR) is 84.7 cm³/mol. The van der Waals surface area contributed by atoms with Gasteiger partial charge in [0.25, 0.3) is 0 Å². The van der Waals surface area contributed by atoms with Crippen molar-refractivity contribution in [3.05, 3.63) is 64.9 Å². The van der Waals surface area contributed by atoms with Crippen LogP contribution in [-0.4, -0.2) is 6.04 Å². The number of hydrogen-bond acceptors (Lipinski definition) is 2. The third-order valence-electron chi connectivity index (χ3n) is 3.10. The number of nitrogens with two attached hydrogens (primary N) is 1. The van der Waals surface area contributed by atoms with Gasteiger partial charge in [-0.3, -0.25) is 0 Å². The van der Waals surface area contributed by atoms with Crippen LogP contribution in [-0.2, 0) is 0 Å². The Morgan fingerprint density at radius 3 is 2.60 bits per heavy atom. The van der Waals surface area contributed by atoms with Crippen LogP contribution in [0.15, 0.2) is 53.4 Å². The smallest absolute Gasteiger partial charge is 0.124 e. The van der Waals surface area contributed by atoms with Crippen LogP contribution in [0.2, 0.25) is 5.02 Å². The molecule has 0 spiro atoms. The summed E-state index contributed by atoms with van der Waals surface area (Å²) in [4.78, 5) is 0.874. The quantitative estimate of drug-likeness (QED) is 0.782. The Morgan fingerprint density at radius 1 is 1.20 bits per heavy atom. The third kappa shape index (κ3) is 3.98. The molecule has 0 fully saturated rings. The van der Waals surface area contributed by atoms with Crippen molar-refractivity contribution < 1.29 is 4.39 Å². The summed E-state index contributed by atoms with van der Waals surface area (Å²) in [5.74, 6) is -0.232. The van der Waals surface area contributed by atoms with E-state index in [0.29, 0.717) is 5.02 Å². The molecule has 0 saturated carbocycles. The lowest BCUT2D eigenvalue weighted by molar-refractivity contribution is 0.622. The third-order valence-corrected chi connectivity index (χ3v) is 4.73. The maximum Gasteiger partial charge on any atom is 0.124 e. The fraction of sp³-hybridized carbons (Fsp3) is 0.250. The molecule has 2 rings (SSSR count). The fourth-order valence-corrected chi connectivity index (χ4v) is 3.47. The number of rotatable bonds is 5. The van der Waals surface area contributed by atoms with Crippen molar-refractivity contribution >= 4 is 23.4 Å². The van der Waals surface area contributed by atoms with Crippen molar-refractivity contribution in [1.29, 1.82) is 0 Å². The molecule has 0 aromatic heterocycles. The molecule has 2 N–H and O–H groups in total. The molecule has 0 aliphatic heterocycles. The van der Waals surface area contributed by atoms with E-state index in [-0.39, 0.29) is 17.1 Å². The van der Waals surface area contributed by atoms with Crippen molar-refractivity contribution in [2.24, 2.45) is 5.73 Å². The molecule has 0 aliphatic carbocycles. The molecule has 0 amide bonds. The Balaban J connectivity index is 2.29. The van der Waals surface area contributed by atoms with Gasteiger partial charge < -0.3 is 5.73 Å². The first-order valence-corrected chi connectivity index (χ1v) is 7.79. The average Bonchev–Trinajstić information content (AvgIpc) is 2.44. The molecule has 0 radical (unpaired) electrons. The van der Waals surface area contributed by atoms with Crippen LogP contribution in [0.1, 0.15) is 24.2 Å². The van der Waals surface area contributed by atoms with Gasteiger partial charge in [-0.15, -0.1) is 11.8 Å². The minimum atomic E-state index is -0.232. The zero-order valence-corrected chi connectivity index (χ0v) is 12.8. The predicted octanol–water partition coefficient (Wildman–Crippen LogP) is 5.05. The van der Waals surface area contributed by atoms with Crippen molar-refractivity contribution in [2.75, 3.05) is 0 Å². The van der Waals surface area contributed by atoms with Gasteiger partial charge in [-0.1, -0.05) is 36.7 Å². The SMILES string of the molecule is CCC(N)C(Sc1cccc(F)c1)c1cccc(Cl)c1. The second-order valence-corrected chi connectivity index (χ2v) is 6.27. The van der Waals surface area contributed by atoms with Gasteiger partial charge >= 0.3 is 0 Å². The van der Waals surface area contributed by atoms with Gasteiger partial charge in [0.1, 0.15) is 5.82 Å². The summed E-state index contributed by atoms with van der Waals surface area (Å²) in [6.45, 7) is 2.05. The van der Waals surface area contributed by atoms with Gasteiger partial charge in [0, 0.05) is 21.2 Å². The van der Waals surface area contributed by atoms with Crippen LogP contribution >= 0.6 is 23.4 Å². The molecule has 0 heterocycles. The van der Waals surface area contributed by atoms with E-state index in [1.54, 1.807) is 17.8 Å². The molecule has 0 aliphatic rings. The van der Waals surface area contributed by atoms with E-state index in [2.05, 4.69) is 0 Å². The highest BCUT2D eigenvalue weighted by molar-refractivity contribution is 7.99. The van der Waals surface area contributed by atoms with E-state index in [4.69, 9.17) is 17.3 Å². The lowest BCUT2D eigenvalue weighted by Gasteiger charge is -2.23. The molecule has 1 nitrogen and oxygen atoms in total. The lowest BCUT2D eigenvalue weighted by atomic mass is 10.0. The molecular formula is C16H17ClFNS. The minimum absolute atomic E-state index is 0.0123. The van der Waals surface area contributed by atoms with Gasteiger partial charge in [0.15, 0.2) is 0 Å². The highest BCUT2D eigenvalue weighted by Gasteiger charge is 2.20. The van der Waals surface area contributed by atoms with Crippen molar-refractivity contribution in [3.8, 4) is 0 Å². The molecule has 2 aromatic carbocycles. The first-order chi connectivity index (χ1) is 9.60. The molecule has 106 valence electrons. The molecule has 2 aromatic rings. The van der Waals surface area contributed by atoms with Crippen LogP contribution in [0.4, 0.5) is 4.39 Å². The molecule has 2 atom stereocenters. The van der Waals surface area contributed by atoms with Crippen LogP contribution in [0.3, 0.4) is 0 Å². The summed E-state index contributed by atoms with van der Waals surface area (Å²) in [5, 5.41) is 0.746. The highest BCUT2D eigenvalue weighted by atomic mass is 35.5. The zero-order valence-electron chi connectivity index (χ0n) is 11.2. The van der Waals surface area contributed by atoms with E-state index in [0.717, 1.165) is 16.9 Å². The second kappa shape index (κ2) is 7.11. The molecule has 0 saturated heterocycles. The van der Waals surface area contributed by atoms with E-state index in [1.807, 2.05) is 37.3 Å². The highest BCUT2D eigenvalue weighted by Crippen LogP contribution is 2.38. The fourth-order valence-electron chi connectivity index (χ4n) is 1.99. The van der Waals surface area contributed by atoms with Gasteiger partial charge in [-0.05, 0) is 42.3 Å². The summed E-state index contributed by atoms with van der Waals surface area (Å²) in [6, 6.07) is 14.3. The van der Waals surface area contributed by atoms with Crippen molar-refractivity contribution in [3.63, 3.8) is 0 Å². The maximum atomic E-state index is 13.3. The summed E-state index contributed by atoms with van der Waals surface area (Å²) in [7, 11) is 0. The van der Waals surface area contributed by atoms with E-state index in [9.17, 15) is 4.39 Å². The number of hydrogen-bond donors (Lipinski definition) is 1. The maximum absolute atomic E-state index is 13.3. The molecular weight excluding hydrogens is 293 g/mol. The Hall–Kier alpha value is -1.03. The van der Waals surface area contributed by atoms with Crippen LogP contribution < -0.4 is 5.73 Å². The Labute approximate surface area is 128 Å². The first-order valence-electron chi connectivity index (χ1n) is 6.53. The Morgan fingerprint density at radius 2 is 1.95 bits per heavy atom. The average molecular weight is 310 g/mol. The molecule has 4 heteroatoms. The summed E-state index contributed by atoms with van der Waals surface area (Å²) in [5.41, 5.74) is 7.30. The van der Waals surface area contributed by atoms with Gasteiger partial charge in [-0.2, -0.15) is 0 Å². The standard InChI is InChI=1S/C16H17ClFNS/c1-2-15(19)16(11-5-3-6-12(17)9-11)20-14-8-4-7-13(18)10-14/h3-10,15-16H,2,19H2,1H3. The van der Waals surface area contributed by atoms with Crippen molar-refractivity contribution in [2.45, 2.75) is 29.5 Å². The normalized spacial score (nSPS) is 14.0. The van der Waals surface area contributed by atoms with E-state index in [1.165, 1.54) is 12.1 Å². The molecule has 2 unspecified atom stereocenters. The number of halogens is 2. The molecule has 20 heavy (non-hydrogen) atoms. The topological polar surface area (TPSA) is 26.0 Å². The Kier molecular flexibility index (Phi) is 5.46. The van der Waals surface area contributed by atoms with E-state index < -0.39 is 0 Å². The lowest BCUT2D eigenvalue weighted by Crippen LogP contribution is -2.25. The van der Waals surface area contributed by atoms with Crippen LogP contribution in [0, 0.1) is 5.82 Å². The summed E-state index contributed by atoms with van der Waals surface area (Å²) in [6.07, 6.45) is 0.847. The summed E-state index contributed by atoms with van der Waals surface area (Å²) < 4.78 is 13.3. The minimum Gasteiger partial charge on any atom is -0.326 e. The monoisotopic (exact) mass is 309 g/mol. The van der Waals surface area contributed by atoms with Gasteiger partial charge in [0.05, 0.1) is 0 Å². The number of benzene rings is 2. The Bertz CT molecular complexity index is 576. The first kappa shape index (κ1) is 15.4. The molecule has 0 bridgehead atoms. The van der Waals surface area contributed by atoms with E-state index >= 15 is 0 Å². The van der Waals surface area contributed by atoms with Gasteiger partial charge in [-0.25, -0.2) is 4.39 Å². The zero-order chi connectivity index (χ0) is 14.5. The summed E-state index contributed by atoms with van der Waals surface area (Å²) >= 11 is 7.63. The second-order valence-electron chi connectivity index (χ2n) is 4.62. The largest absolute Gasteiger partial charge is 0.326 e. The van der Waals surface area contributed by atoms with Crippen molar-refractivity contribution in [1.82, 2.24) is 0 Å². The van der Waals surface area contributed by atoms with Crippen LogP contribution in [0.5, 0.6) is 0 Å².